The first-order chi connectivity index (χ1) is 17.7. The Balaban J connectivity index is 2.13. The standard InChI is InChI=1S/C29H37NO7/c1-7-35-24-16-20(11-12-23(24)37-19(4)5)26-25(28(32)29(33)30(26)13-14-34-6)27(31)21-9-8-10-22(15-21)36-17-18(2)3/h8-12,15-16,18-19,26,31H,7,13-14,17H2,1-6H3/b27-25-. The Kier molecular flexibility index (Phi) is 9.58. The molecule has 3 rings (SSSR count). The maximum absolute atomic E-state index is 13.3. The van der Waals surface area contributed by atoms with Gasteiger partial charge in [-0.15, -0.1) is 0 Å². The van der Waals surface area contributed by atoms with Crippen molar-refractivity contribution in [2.75, 3.05) is 33.5 Å². The largest absolute Gasteiger partial charge is 0.507 e. The van der Waals surface area contributed by atoms with E-state index in [1.54, 1.807) is 42.5 Å². The van der Waals surface area contributed by atoms with E-state index in [0.29, 0.717) is 47.5 Å². The number of nitrogens with zero attached hydrogens (tertiary/aromatic N) is 1. The van der Waals surface area contributed by atoms with Crippen LogP contribution in [0.25, 0.3) is 5.76 Å². The molecule has 1 aliphatic heterocycles. The van der Waals surface area contributed by atoms with Crippen LogP contribution in [0.3, 0.4) is 0 Å². The zero-order valence-electron chi connectivity index (χ0n) is 22.4. The lowest BCUT2D eigenvalue weighted by Crippen LogP contribution is -2.32. The second-order valence-electron chi connectivity index (χ2n) is 9.52. The number of likely N-dealkylation sites (tertiary alicyclic amines) is 1. The predicted octanol–water partition coefficient (Wildman–Crippen LogP) is 4.98. The van der Waals surface area contributed by atoms with Crippen LogP contribution in [0.2, 0.25) is 0 Å². The molecule has 1 atom stereocenters. The number of aliphatic hydroxyl groups is 1. The molecule has 2 aromatic carbocycles. The summed E-state index contributed by atoms with van der Waals surface area (Å²) < 4.78 is 22.7. The van der Waals surface area contributed by atoms with E-state index in [4.69, 9.17) is 18.9 Å². The van der Waals surface area contributed by atoms with Gasteiger partial charge in [0.15, 0.2) is 11.5 Å². The highest BCUT2D eigenvalue weighted by Gasteiger charge is 2.46. The minimum absolute atomic E-state index is 0.00193. The second kappa shape index (κ2) is 12.6. The van der Waals surface area contributed by atoms with Gasteiger partial charge in [-0.1, -0.05) is 32.0 Å². The van der Waals surface area contributed by atoms with Crippen molar-refractivity contribution >= 4 is 17.4 Å². The number of carbonyl (C=O) groups is 2. The molecule has 1 fully saturated rings. The molecule has 0 aromatic heterocycles. The fourth-order valence-corrected chi connectivity index (χ4v) is 4.11. The van der Waals surface area contributed by atoms with Crippen LogP contribution in [0.15, 0.2) is 48.0 Å². The Labute approximate surface area is 218 Å². The molecule has 37 heavy (non-hydrogen) atoms. The second-order valence-corrected chi connectivity index (χ2v) is 9.52. The van der Waals surface area contributed by atoms with E-state index in [9.17, 15) is 14.7 Å². The number of hydrogen-bond donors (Lipinski definition) is 1. The minimum atomic E-state index is -0.831. The van der Waals surface area contributed by atoms with Gasteiger partial charge < -0.3 is 29.0 Å². The highest BCUT2D eigenvalue weighted by Crippen LogP contribution is 2.42. The van der Waals surface area contributed by atoms with E-state index >= 15 is 0 Å². The van der Waals surface area contributed by atoms with Crippen molar-refractivity contribution in [1.82, 2.24) is 4.90 Å². The number of methoxy groups -OCH3 is 1. The molecule has 2 aromatic rings. The van der Waals surface area contributed by atoms with E-state index in [2.05, 4.69) is 0 Å². The molecule has 0 bridgehead atoms. The van der Waals surface area contributed by atoms with Crippen LogP contribution in [0.5, 0.6) is 17.2 Å². The van der Waals surface area contributed by atoms with Crippen LogP contribution in [-0.4, -0.2) is 61.3 Å². The molecule has 0 saturated carbocycles. The summed E-state index contributed by atoms with van der Waals surface area (Å²) in [6.45, 7) is 11.1. The number of carbonyl (C=O) groups excluding carboxylic acids is 2. The zero-order chi connectivity index (χ0) is 27.1. The quantitative estimate of drug-likeness (QED) is 0.244. The maximum atomic E-state index is 13.3. The van der Waals surface area contributed by atoms with Gasteiger partial charge in [-0.3, -0.25) is 9.59 Å². The highest BCUT2D eigenvalue weighted by molar-refractivity contribution is 6.46. The Bertz CT molecular complexity index is 1140. The number of hydrogen-bond acceptors (Lipinski definition) is 7. The van der Waals surface area contributed by atoms with Crippen molar-refractivity contribution in [1.29, 1.82) is 0 Å². The van der Waals surface area contributed by atoms with Crippen LogP contribution in [0.4, 0.5) is 0 Å². The van der Waals surface area contributed by atoms with Crippen molar-refractivity contribution in [3.8, 4) is 17.2 Å². The third kappa shape index (κ3) is 6.63. The van der Waals surface area contributed by atoms with Gasteiger partial charge in [-0.25, -0.2) is 0 Å². The molecule has 0 radical (unpaired) electrons. The average Bonchev–Trinajstić information content (AvgIpc) is 3.11. The van der Waals surface area contributed by atoms with Crippen molar-refractivity contribution in [2.45, 2.75) is 46.8 Å². The van der Waals surface area contributed by atoms with Gasteiger partial charge in [0.1, 0.15) is 11.5 Å². The molecule has 0 aliphatic carbocycles. The molecule has 1 heterocycles. The number of ketones is 1. The normalized spacial score (nSPS) is 17.1. The lowest BCUT2D eigenvalue weighted by Gasteiger charge is -2.26. The third-order valence-electron chi connectivity index (χ3n) is 5.71. The fraction of sp³-hybridized carbons (Fsp3) is 0.448. The highest BCUT2D eigenvalue weighted by atomic mass is 16.5. The van der Waals surface area contributed by atoms with Gasteiger partial charge in [-0.05, 0) is 56.5 Å². The van der Waals surface area contributed by atoms with Crippen LogP contribution < -0.4 is 14.2 Å². The predicted molar refractivity (Wildman–Crippen MR) is 141 cm³/mol. The van der Waals surface area contributed by atoms with Crippen molar-refractivity contribution in [3.05, 3.63) is 59.2 Å². The maximum Gasteiger partial charge on any atom is 0.295 e. The first kappa shape index (κ1) is 28.1. The fourth-order valence-electron chi connectivity index (χ4n) is 4.11. The van der Waals surface area contributed by atoms with Crippen molar-refractivity contribution in [3.63, 3.8) is 0 Å². The molecular weight excluding hydrogens is 474 g/mol. The average molecular weight is 512 g/mol. The van der Waals surface area contributed by atoms with E-state index < -0.39 is 17.7 Å². The summed E-state index contributed by atoms with van der Waals surface area (Å²) in [6.07, 6.45) is -0.0670. The lowest BCUT2D eigenvalue weighted by molar-refractivity contribution is -0.140. The van der Waals surface area contributed by atoms with Crippen LogP contribution in [0, 0.1) is 5.92 Å². The molecule has 1 unspecified atom stereocenters. The van der Waals surface area contributed by atoms with Gasteiger partial charge in [0.25, 0.3) is 11.7 Å². The Morgan fingerprint density at radius 1 is 1.03 bits per heavy atom. The van der Waals surface area contributed by atoms with Crippen molar-refractivity contribution in [2.24, 2.45) is 5.92 Å². The molecule has 1 N–H and O–H groups in total. The van der Waals surface area contributed by atoms with E-state index in [1.807, 2.05) is 34.6 Å². The number of aliphatic hydroxyl groups excluding tert-OH is 1. The number of rotatable bonds is 12. The third-order valence-corrected chi connectivity index (χ3v) is 5.71. The first-order valence-corrected chi connectivity index (χ1v) is 12.6. The van der Waals surface area contributed by atoms with Gasteiger partial charge in [0, 0.05) is 19.2 Å². The van der Waals surface area contributed by atoms with Crippen LogP contribution in [0.1, 0.15) is 51.8 Å². The topological polar surface area (TPSA) is 94.5 Å². The smallest absolute Gasteiger partial charge is 0.295 e. The first-order valence-electron chi connectivity index (χ1n) is 12.6. The van der Waals surface area contributed by atoms with Gasteiger partial charge >= 0.3 is 0 Å². The van der Waals surface area contributed by atoms with Crippen LogP contribution >= 0.6 is 0 Å². The summed E-state index contributed by atoms with van der Waals surface area (Å²) in [7, 11) is 1.53. The molecule has 200 valence electrons. The summed E-state index contributed by atoms with van der Waals surface area (Å²) in [5.41, 5.74) is 1.01. The van der Waals surface area contributed by atoms with Crippen LogP contribution in [-0.2, 0) is 14.3 Å². The molecule has 1 saturated heterocycles. The number of amides is 1. The summed E-state index contributed by atoms with van der Waals surface area (Å²) in [6, 6.07) is 11.4. The Hall–Kier alpha value is -3.52. The van der Waals surface area contributed by atoms with E-state index in [0.717, 1.165) is 0 Å². The summed E-state index contributed by atoms with van der Waals surface area (Å²) >= 11 is 0. The number of Topliss-reactive ketones (excluding diaryl/α,β-unsaturated/α-hetero) is 1. The van der Waals surface area contributed by atoms with Gasteiger partial charge in [0.05, 0.1) is 37.5 Å². The molecule has 8 heteroatoms. The monoisotopic (exact) mass is 511 g/mol. The Morgan fingerprint density at radius 2 is 1.78 bits per heavy atom. The summed E-state index contributed by atoms with van der Waals surface area (Å²) in [4.78, 5) is 27.8. The van der Waals surface area contributed by atoms with Crippen molar-refractivity contribution < 1.29 is 33.6 Å². The van der Waals surface area contributed by atoms with E-state index in [-0.39, 0.29) is 30.6 Å². The summed E-state index contributed by atoms with van der Waals surface area (Å²) in [5.74, 6) is 0.226. The zero-order valence-corrected chi connectivity index (χ0v) is 22.4. The van der Waals surface area contributed by atoms with Gasteiger partial charge in [0.2, 0.25) is 0 Å². The summed E-state index contributed by atoms with van der Waals surface area (Å²) in [5, 5.41) is 11.4. The minimum Gasteiger partial charge on any atom is -0.507 e. The number of benzene rings is 2. The van der Waals surface area contributed by atoms with Gasteiger partial charge in [-0.2, -0.15) is 0 Å². The molecule has 0 spiro atoms. The van der Waals surface area contributed by atoms with E-state index in [1.165, 1.54) is 12.0 Å². The SMILES string of the molecule is CCOc1cc(C2/C(=C(/O)c3cccc(OCC(C)C)c3)C(=O)C(=O)N2CCOC)ccc1OC(C)C. The number of ether oxygens (including phenoxy) is 4. The molecule has 1 amide bonds. The molecule has 8 nitrogen and oxygen atoms in total. The Morgan fingerprint density at radius 3 is 2.43 bits per heavy atom. The molecular formula is C29H37NO7. The molecule has 1 aliphatic rings. The lowest BCUT2D eigenvalue weighted by atomic mass is 9.95.